The number of aliphatic hydroxyl groups excluding tert-OH is 1. The van der Waals surface area contributed by atoms with Crippen molar-refractivity contribution in [2.75, 3.05) is 26.2 Å². The van der Waals surface area contributed by atoms with Crippen LogP contribution in [-0.2, 0) is 9.59 Å². The third-order valence-electron chi connectivity index (χ3n) is 4.79. The molecule has 6 heteroatoms. The highest BCUT2D eigenvalue weighted by atomic mass is 16.3. The monoisotopic (exact) mass is 329 g/mol. The molecule has 1 amide bonds. The van der Waals surface area contributed by atoms with E-state index in [0.29, 0.717) is 6.54 Å². The van der Waals surface area contributed by atoms with Crippen molar-refractivity contribution >= 4 is 11.7 Å². The molecule has 1 atom stereocenters. The van der Waals surface area contributed by atoms with E-state index in [4.69, 9.17) is 0 Å². The van der Waals surface area contributed by atoms with Crippen molar-refractivity contribution in [2.45, 2.75) is 32.2 Å². The van der Waals surface area contributed by atoms with Crippen molar-refractivity contribution in [3.63, 3.8) is 0 Å². The minimum atomic E-state index is -0.548. The maximum atomic E-state index is 12.5. The molecule has 0 aromatic carbocycles. The van der Waals surface area contributed by atoms with E-state index in [1.807, 2.05) is 6.07 Å². The summed E-state index contributed by atoms with van der Waals surface area (Å²) in [5, 5.41) is 10.2. The first-order valence-corrected chi connectivity index (χ1v) is 8.47. The highest BCUT2D eigenvalue weighted by Gasteiger charge is 2.42. The van der Waals surface area contributed by atoms with Crippen LogP contribution in [0.3, 0.4) is 0 Å². The molecule has 1 saturated heterocycles. The number of nitrogens with zero attached hydrogens (tertiary/aromatic N) is 3. The molecule has 0 spiro atoms. The number of likely N-dealkylation sites (tertiary alicyclic amines) is 1. The van der Waals surface area contributed by atoms with E-state index in [-0.39, 0.29) is 11.4 Å². The molecule has 3 heterocycles. The quantitative estimate of drug-likeness (QED) is 0.892. The number of aromatic nitrogens is 1. The van der Waals surface area contributed by atoms with Crippen LogP contribution in [0.4, 0.5) is 0 Å². The first-order valence-electron chi connectivity index (χ1n) is 8.47. The molecule has 24 heavy (non-hydrogen) atoms. The molecule has 0 saturated carbocycles. The number of pyridine rings is 1. The van der Waals surface area contributed by atoms with Crippen LogP contribution in [0.2, 0.25) is 0 Å². The Morgan fingerprint density at radius 2 is 2.04 bits per heavy atom. The highest BCUT2D eigenvalue weighted by molar-refractivity contribution is 6.08. The van der Waals surface area contributed by atoms with Gasteiger partial charge in [0.25, 0.3) is 5.91 Å². The number of hydrogen-bond acceptors (Lipinski definition) is 5. The number of rotatable bonds is 5. The van der Waals surface area contributed by atoms with Gasteiger partial charge in [0.2, 0.25) is 0 Å². The van der Waals surface area contributed by atoms with E-state index in [1.54, 1.807) is 23.4 Å². The van der Waals surface area contributed by atoms with E-state index in [0.717, 1.165) is 25.2 Å². The molecule has 1 fully saturated rings. The van der Waals surface area contributed by atoms with Gasteiger partial charge < -0.3 is 14.9 Å². The van der Waals surface area contributed by atoms with E-state index in [9.17, 15) is 14.7 Å². The largest absolute Gasteiger partial charge is 0.503 e. The van der Waals surface area contributed by atoms with Crippen LogP contribution in [0.25, 0.3) is 0 Å². The zero-order valence-corrected chi connectivity index (χ0v) is 13.9. The van der Waals surface area contributed by atoms with Crippen LogP contribution in [0.1, 0.15) is 37.8 Å². The summed E-state index contributed by atoms with van der Waals surface area (Å²) in [5.41, 5.74) is 0.922. The van der Waals surface area contributed by atoms with E-state index in [1.165, 1.54) is 26.2 Å². The van der Waals surface area contributed by atoms with E-state index < -0.39 is 17.7 Å². The summed E-state index contributed by atoms with van der Waals surface area (Å²) < 4.78 is 0. The van der Waals surface area contributed by atoms with Gasteiger partial charge in [0.1, 0.15) is 0 Å². The number of Topliss-reactive ketones (excluding diaryl/α,β-unsaturated/α-hetero) is 1. The average Bonchev–Trinajstić information content (AvgIpc) is 2.86. The SMILES string of the molecule is CC(=O)C1=C(O)C(=O)N(CCN2CCCCC2)C1c1cccnc1. The Balaban J connectivity index is 1.83. The Hall–Kier alpha value is -2.21. The number of carbonyl (C=O) groups excluding carboxylic acids is 2. The number of hydrogen-bond donors (Lipinski definition) is 1. The number of ketones is 1. The normalized spacial score (nSPS) is 22.3. The maximum Gasteiger partial charge on any atom is 0.290 e. The lowest BCUT2D eigenvalue weighted by atomic mass is 9.98. The predicted molar refractivity (Wildman–Crippen MR) is 89.3 cm³/mol. The second-order valence-electron chi connectivity index (χ2n) is 6.41. The Kier molecular flexibility index (Phi) is 4.94. The van der Waals surface area contributed by atoms with Gasteiger partial charge in [-0.3, -0.25) is 14.6 Å². The lowest BCUT2D eigenvalue weighted by Gasteiger charge is -2.31. The van der Waals surface area contributed by atoms with Gasteiger partial charge in [-0.2, -0.15) is 0 Å². The third kappa shape index (κ3) is 3.19. The average molecular weight is 329 g/mol. The predicted octanol–water partition coefficient (Wildman–Crippen LogP) is 1.85. The van der Waals surface area contributed by atoms with Crippen molar-refractivity contribution in [1.29, 1.82) is 0 Å². The second kappa shape index (κ2) is 7.13. The first-order chi connectivity index (χ1) is 11.6. The van der Waals surface area contributed by atoms with Crippen LogP contribution in [0, 0.1) is 0 Å². The van der Waals surface area contributed by atoms with Crippen molar-refractivity contribution in [3.8, 4) is 0 Å². The van der Waals surface area contributed by atoms with Crippen LogP contribution in [0.5, 0.6) is 0 Å². The summed E-state index contributed by atoms with van der Waals surface area (Å²) in [6, 6.07) is 3.06. The van der Waals surface area contributed by atoms with Crippen molar-refractivity contribution in [3.05, 3.63) is 41.4 Å². The fraction of sp³-hybridized carbons (Fsp3) is 0.500. The van der Waals surface area contributed by atoms with Crippen LogP contribution in [-0.4, -0.2) is 57.8 Å². The van der Waals surface area contributed by atoms with Crippen LogP contribution in [0.15, 0.2) is 35.9 Å². The van der Waals surface area contributed by atoms with Gasteiger partial charge in [-0.25, -0.2) is 0 Å². The van der Waals surface area contributed by atoms with E-state index in [2.05, 4.69) is 9.88 Å². The maximum absolute atomic E-state index is 12.5. The summed E-state index contributed by atoms with van der Waals surface area (Å²) in [6.07, 6.45) is 6.92. The van der Waals surface area contributed by atoms with Crippen molar-refractivity contribution in [2.24, 2.45) is 0 Å². The van der Waals surface area contributed by atoms with Crippen LogP contribution >= 0.6 is 0 Å². The fourth-order valence-electron chi connectivity index (χ4n) is 3.56. The number of amides is 1. The second-order valence-corrected chi connectivity index (χ2v) is 6.41. The fourth-order valence-corrected chi connectivity index (χ4v) is 3.56. The molecule has 1 unspecified atom stereocenters. The number of carbonyl (C=O) groups is 2. The number of piperidine rings is 1. The third-order valence-corrected chi connectivity index (χ3v) is 4.79. The molecule has 1 aromatic rings. The molecular weight excluding hydrogens is 306 g/mol. The molecule has 1 aromatic heterocycles. The summed E-state index contributed by atoms with van der Waals surface area (Å²) in [4.78, 5) is 32.5. The van der Waals surface area contributed by atoms with Crippen LogP contribution < -0.4 is 0 Å². The summed E-state index contributed by atoms with van der Waals surface area (Å²) >= 11 is 0. The van der Waals surface area contributed by atoms with Gasteiger partial charge in [-0.05, 0) is 44.5 Å². The molecule has 2 aliphatic heterocycles. The molecule has 0 radical (unpaired) electrons. The minimum Gasteiger partial charge on any atom is -0.503 e. The van der Waals surface area contributed by atoms with Crippen molar-refractivity contribution < 1.29 is 14.7 Å². The lowest BCUT2D eigenvalue weighted by molar-refractivity contribution is -0.129. The van der Waals surface area contributed by atoms with E-state index >= 15 is 0 Å². The topological polar surface area (TPSA) is 73.7 Å². The van der Waals surface area contributed by atoms with Gasteiger partial charge in [-0.1, -0.05) is 12.5 Å². The minimum absolute atomic E-state index is 0.173. The Labute approximate surface area is 141 Å². The van der Waals surface area contributed by atoms with Crippen molar-refractivity contribution in [1.82, 2.24) is 14.8 Å². The Morgan fingerprint density at radius 3 is 2.67 bits per heavy atom. The Morgan fingerprint density at radius 1 is 1.29 bits per heavy atom. The molecule has 128 valence electrons. The molecule has 0 bridgehead atoms. The molecule has 2 aliphatic rings. The zero-order valence-electron chi connectivity index (χ0n) is 13.9. The highest BCUT2D eigenvalue weighted by Crippen LogP contribution is 2.37. The van der Waals surface area contributed by atoms with Gasteiger partial charge in [-0.15, -0.1) is 0 Å². The van der Waals surface area contributed by atoms with Gasteiger partial charge in [0, 0.05) is 25.5 Å². The molecule has 1 N–H and O–H groups in total. The molecular formula is C18H23N3O3. The smallest absolute Gasteiger partial charge is 0.290 e. The summed E-state index contributed by atoms with van der Waals surface area (Å²) in [5.74, 6) is -1.17. The standard InChI is InChI=1S/C18H23N3O3/c1-13(22)15-16(14-6-5-7-19-12-14)21(18(24)17(15)23)11-10-20-8-3-2-4-9-20/h5-7,12,16,23H,2-4,8-11H2,1H3. The number of aliphatic hydroxyl groups is 1. The zero-order chi connectivity index (χ0) is 17.1. The Bertz CT molecular complexity index is 651. The lowest BCUT2D eigenvalue weighted by Crippen LogP contribution is -2.40. The van der Waals surface area contributed by atoms with Gasteiger partial charge in [0.05, 0.1) is 11.6 Å². The van der Waals surface area contributed by atoms with Gasteiger partial charge in [0.15, 0.2) is 11.5 Å². The summed E-state index contributed by atoms with van der Waals surface area (Å²) in [6.45, 7) is 4.70. The molecule has 6 nitrogen and oxygen atoms in total. The van der Waals surface area contributed by atoms with Gasteiger partial charge >= 0.3 is 0 Å². The molecule has 0 aliphatic carbocycles. The first kappa shape index (κ1) is 16.6. The summed E-state index contributed by atoms with van der Waals surface area (Å²) in [7, 11) is 0. The molecule has 3 rings (SSSR count).